The van der Waals surface area contributed by atoms with Crippen LogP contribution in [0.2, 0.25) is 5.02 Å². The molecule has 12 heteroatoms. The van der Waals surface area contributed by atoms with Gasteiger partial charge in [0.2, 0.25) is 0 Å². The molecule has 0 atom stereocenters. The first-order valence-corrected chi connectivity index (χ1v) is 8.41. The monoisotopic (exact) mass is 414 g/mol. The van der Waals surface area contributed by atoms with Crippen LogP contribution in [0.15, 0.2) is 41.3 Å². The maximum atomic E-state index is 10.7. The van der Waals surface area contributed by atoms with Crippen LogP contribution in [0.5, 0.6) is 0 Å². The van der Waals surface area contributed by atoms with Gasteiger partial charge in [-0.3, -0.25) is 20.2 Å². The molecule has 0 heterocycles. The Kier molecular flexibility index (Phi) is 7.69. The Hall–Kier alpha value is -3.18. The van der Waals surface area contributed by atoms with Crippen molar-refractivity contribution in [2.24, 2.45) is 0 Å². The minimum Gasteiger partial charge on any atom is -0.477 e. The first-order chi connectivity index (χ1) is 12.6. The summed E-state index contributed by atoms with van der Waals surface area (Å²) in [5.74, 6) is -2.65. The summed E-state index contributed by atoms with van der Waals surface area (Å²) < 4.78 is 0. The van der Waals surface area contributed by atoms with Gasteiger partial charge in [0.25, 0.3) is 11.4 Å². The van der Waals surface area contributed by atoms with E-state index >= 15 is 0 Å². The number of nitrogens with zero attached hydrogens (tertiary/aromatic N) is 2. The Bertz CT molecular complexity index is 919. The predicted molar refractivity (Wildman–Crippen MR) is 96.9 cm³/mol. The molecule has 0 aliphatic carbocycles. The van der Waals surface area contributed by atoms with E-state index < -0.39 is 33.0 Å². The number of nitro groups is 2. The lowest BCUT2D eigenvalue weighted by molar-refractivity contribution is -0.385. The third kappa shape index (κ3) is 5.94. The molecule has 0 fully saturated rings. The summed E-state index contributed by atoms with van der Waals surface area (Å²) in [7, 11) is 0. The molecule has 0 unspecified atom stereocenters. The number of thioether (sulfide) groups is 1. The Morgan fingerprint density at radius 3 is 1.78 bits per heavy atom. The van der Waals surface area contributed by atoms with Crippen molar-refractivity contribution in [1.82, 2.24) is 0 Å². The second-order valence-corrected chi connectivity index (χ2v) is 5.99. The number of halogens is 1. The van der Waals surface area contributed by atoms with Gasteiger partial charge in [-0.25, -0.2) is 9.59 Å². The Morgan fingerprint density at radius 1 is 0.926 bits per heavy atom. The van der Waals surface area contributed by atoms with Crippen molar-refractivity contribution in [3.05, 3.63) is 72.8 Å². The molecule has 0 aromatic heterocycles. The van der Waals surface area contributed by atoms with Crippen LogP contribution >= 0.6 is 23.4 Å². The fraction of sp³-hybridized carbons (Fsp3) is 0.0667. The number of nitro benzene ring substituents is 2. The molecule has 0 bridgehead atoms. The largest absolute Gasteiger partial charge is 0.477 e. The second kappa shape index (κ2) is 9.50. The first-order valence-electron chi connectivity index (χ1n) is 6.81. The summed E-state index contributed by atoms with van der Waals surface area (Å²) >= 11 is 6.81. The lowest BCUT2D eigenvalue weighted by Gasteiger charge is -2.00. The maximum absolute atomic E-state index is 10.7. The molecule has 10 nitrogen and oxygen atoms in total. The van der Waals surface area contributed by atoms with Crippen LogP contribution in [0.3, 0.4) is 0 Å². The molecular formula is C15H11ClN2O8S. The summed E-state index contributed by atoms with van der Waals surface area (Å²) in [4.78, 5) is 41.2. The first kappa shape index (κ1) is 21.9. The highest BCUT2D eigenvalue weighted by molar-refractivity contribution is 7.98. The highest BCUT2D eigenvalue weighted by atomic mass is 35.5. The van der Waals surface area contributed by atoms with E-state index in [1.54, 1.807) is 6.26 Å². The molecule has 0 aliphatic heterocycles. The average molecular weight is 415 g/mol. The number of rotatable bonds is 5. The zero-order valence-corrected chi connectivity index (χ0v) is 15.1. The van der Waals surface area contributed by atoms with Gasteiger partial charge in [-0.2, -0.15) is 0 Å². The van der Waals surface area contributed by atoms with Crippen molar-refractivity contribution in [3.63, 3.8) is 0 Å². The van der Waals surface area contributed by atoms with E-state index in [-0.39, 0.29) is 16.3 Å². The van der Waals surface area contributed by atoms with Crippen molar-refractivity contribution in [1.29, 1.82) is 0 Å². The van der Waals surface area contributed by atoms with Gasteiger partial charge < -0.3 is 10.2 Å². The van der Waals surface area contributed by atoms with E-state index in [1.165, 1.54) is 36.0 Å². The molecule has 0 amide bonds. The number of hydrogen-bond acceptors (Lipinski definition) is 7. The van der Waals surface area contributed by atoms with Crippen molar-refractivity contribution in [2.75, 3.05) is 6.26 Å². The highest BCUT2D eigenvalue weighted by Gasteiger charge is 2.20. The minimum absolute atomic E-state index is 0.156. The van der Waals surface area contributed by atoms with Crippen molar-refractivity contribution < 1.29 is 29.6 Å². The van der Waals surface area contributed by atoms with Gasteiger partial charge in [0, 0.05) is 22.1 Å². The summed E-state index contributed by atoms with van der Waals surface area (Å²) in [5.41, 5.74) is -1.52. The summed E-state index contributed by atoms with van der Waals surface area (Å²) in [5, 5.41) is 38.3. The van der Waals surface area contributed by atoms with E-state index in [1.807, 2.05) is 0 Å². The number of benzene rings is 2. The number of hydrogen-bond donors (Lipinski definition) is 2. The third-order valence-corrected chi connectivity index (χ3v) is 3.98. The van der Waals surface area contributed by atoms with Crippen LogP contribution in [0.1, 0.15) is 20.7 Å². The molecular weight excluding hydrogens is 404 g/mol. The number of carboxylic acids is 2. The highest BCUT2D eigenvalue weighted by Crippen LogP contribution is 2.24. The third-order valence-electron chi connectivity index (χ3n) is 3.02. The van der Waals surface area contributed by atoms with Gasteiger partial charge in [0.1, 0.15) is 11.1 Å². The van der Waals surface area contributed by atoms with E-state index in [2.05, 4.69) is 0 Å². The molecule has 2 aromatic rings. The summed E-state index contributed by atoms with van der Waals surface area (Å²) in [6, 6.07) is 7.40. The zero-order chi connectivity index (χ0) is 20.7. The van der Waals surface area contributed by atoms with E-state index in [9.17, 15) is 29.8 Å². The number of aromatic carboxylic acids is 2. The predicted octanol–water partition coefficient (Wildman–Crippen LogP) is 3.96. The topological polar surface area (TPSA) is 161 Å². The number of carbonyl (C=O) groups is 2. The van der Waals surface area contributed by atoms with Crippen molar-refractivity contribution >= 4 is 46.7 Å². The number of carboxylic acid groups (broad SMARTS) is 2. The smallest absolute Gasteiger partial charge is 0.342 e. The van der Waals surface area contributed by atoms with Gasteiger partial charge in [0.15, 0.2) is 0 Å². The van der Waals surface area contributed by atoms with Crippen molar-refractivity contribution in [3.8, 4) is 0 Å². The lowest BCUT2D eigenvalue weighted by Crippen LogP contribution is -2.02. The van der Waals surface area contributed by atoms with E-state index in [4.69, 9.17) is 21.8 Å². The fourth-order valence-electron chi connectivity index (χ4n) is 1.81. The minimum atomic E-state index is -1.37. The van der Waals surface area contributed by atoms with Gasteiger partial charge in [-0.15, -0.1) is 11.8 Å². The van der Waals surface area contributed by atoms with Gasteiger partial charge in [-0.1, -0.05) is 11.6 Å². The van der Waals surface area contributed by atoms with Crippen LogP contribution in [-0.4, -0.2) is 38.3 Å². The van der Waals surface area contributed by atoms with Gasteiger partial charge in [-0.05, 0) is 30.5 Å². The molecule has 0 aliphatic rings. The normalized spacial score (nSPS) is 9.70. The molecule has 0 spiro atoms. The molecule has 142 valence electrons. The SMILES string of the molecule is CSc1ccc([N+](=O)[O-])c(C(=O)O)c1.O=C(O)c1cc(Cl)ccc1[N+](=O)[O-]. The Labute approximate surface area is 160 Å². The molecule has 2 rings (SSSR count). The molecule has 2 aromatic carbocycles. The molecule has 0 saturated carbocycles. The quantitative estimate of drug-likeness (QED) is 0.418. The van der Waals surface area contributed by atoms with Gasteiger partial charge in [0.05, 0.1) is 9.85 Å². The lowest BCUT2D eigenvalue weighted by atomic mass is 10.2. The Balaban J connectivity index is 0.000000271. The summed E-state index contributed by atoms with van der Waals surface area (Å²) in [6.45, 7) is 0. The van der Waals surface area contributed by atoms with Crippen LogP contribution in [0.4, 0.5) is 11.4 Å². The summed E-state index contributed by atoms with van der Waals surface area (Å²) in [6.07, 6.45) is 1.77. The van der Waals surface area contributed by atoms with Crippen LogP contribution < -0.4 is 0 Å². The molecule has 27 heavy (non-hydrogen) atoms. The van der Waals surface area contributed by atoms with E-state index in [0.29, 0.717) is 4.90 Å². The maximum Gasteiger partial charge on any atom is 0.342 e. The van der Waals surface area contributed by atoms with Gasteiger partial charge >= 0.3 is 11.9 Å². The average Bonchev–Trinajstić information content (AvgIpc) is 2.61. The molecule has 0 saturated heterocycles. The Morgan fingerprint density at radius 2 is 1.37 bits per heavy atom. The fourth-order valence-corrected chi connectivity index (χ4v) is 2.42. The molecule has 0 radical (unpaired) electrons. The van der Waals surface area contributed by atoms with Crippen LogP contribution in [-0.2, 0) is 0 Å². The van der Waals surface area contributed by atoms with E-state index in [0.717, 1.165) is 12.1 Å². The van der Waals surface area contributed by atoms with Crippen LogP contribution in [0.25, 0.3) is 0 Å². The van der Waals surface area contributed by atoms with Crippen LogP contribution in [0, 0.1) is 20.2 Å². The standard InChI is InChI=1S/C8H7NO4S.C7H4ClNO4/c1-14-5-2-3-7(9(12)13)6(4-5)8(10)11;8-4-1-2-6(9(12)13)5(3-4)7(10)11/h2-4H,1H3,(H,10,11);1-3H,(H,10,11). The molecule has 2 N–H and O–H groups in total. The zero-order valence-electron chi connectivity index (χ0n) is 13.5. The van der Waals surface area contributed by atoms with Crippen molar-refractivity contribution in [2.45, 2.75) is 4.90 Å². The second-order valence-electron chi connectivity index (χ2n) is 4.67.